The zero-order valence-corrected chi connectivity index (χ0v) is 11.0. The first kappa shape index (κ1) is 13.1. The molecule has 0 unspecified atom stereocenters. The summed E-state index contributed by atoms with van der Waals surface area (Å²) >= 11 is 0. The molecule has 0 spiro atoms. The molecule has 1 amide bonds. The molecule has 4 nitrogen and oxygen atoms in total. The van der Waals surface area contributed by atoms with Crippen LogP contribution < -0.4 is 5.32 Å². The first-order valence-electron chi connectivity index (χ1n) is 6.32. The normalized spacial score (nSPS) is 19.9. The van der Waals surface area contributed by atoms with Gasteiger partial charge in [-0.1, -0.05) is 24.3 Å². The number of nitrogens with one attached hydrogen (secondary N) is 1. The van der Waals surface area contributed by atoms with E-state index in [1.807, 2.05) is 17.0 Å². The van der Waals surface area contributed by atoms with Crippen molar-refractivity contribution in [1.29, 1.82) is 0 Å². The molecule has 0 aliphatic carbocycles. The van der Waals surface area contributed by atoms with Gasteiger partial charge >= 0.3 is 0 Å². The van der Waals surface area contributed by atoms with Gasteiger partial charge in [-0.05, 0) is 25.1 Å². The topological polar surface area (TPSA) is 41.6 Å². The van der Waals surface area contributed by atoms with Gasteiger partial charge in [0.05, 0.1) is 19.7 Å². The highest BCUT2D eigenvalue weighted by Crippen LogP contribution is 2.24. The van der Waals surface area contributed by atoms with Crippen molar-refractivity contribution >= 4 is 5.91 Å². The first-order chi connectivity index (χ1) is 8.72. The number of hydrogen-bond acceptors (Lipinski definition) is 3. The van der Waals surface area contributed by atoms with Crippen LogP contribution in [-0.2, 0) is 9.53 Å². The van der Waals surface area contributed by atoms with Gasteiger partial charge in [-0.3, -0.25) is 4.79 Å². The van der Waals surface area contributed by atoms with E-state index in [1.54, 1.807) is 7.05 Å². The zero-order valence-electron chi connectivity index (χ0n) is 11.0. The highest BCUT2D eigenvalue weighted by molar-refractivity contribution is 5.78. The maximum atomic E-state index is 11.9. The summed E-state index contributed by atoms with van der Waals surface area (Å²) in [5.74, 6) is 0.138. The minimum absolute atomic E-state index is 0.000700. The number of benzene rings is 1. The van der Waals surface area contributed by atoms with Crippen molar-refractivity contribution in [2.24, 2.45) is 0 Å². The van der Waals surface area contributed by atoms with Crippen LogP contribution in [0, 0.1) is 6.92 Å². The Hall–Kier alpha value is -1.39. The lowest BCUT2D eigenvalue weighted by Crippen LogP contribution is -2.45. The van der Waals surface area contributed by atoms with Crippen LogP contribution >= 0.6 is 0 Å². The Morgan fingerprint density at radius 1 is 1.50 bits per heavy atom. The number of carbonyl (C=O) groups excluding carboxylic acids is 1. The van der Waals surface area contributed by atoms with Gasteiger partial charge < -0.3 is 15.0 Å². The van der Waals surface area contributed by atoms with Gasteiger partial charge in [0.2, 0.25) is 5.91 Å². The molecule has 1 heterocycles. The number of aryl methyl sites for hydroxylation is 1. The Balaban J connectivity index is 2.07. The number of amides is 1. The van der Waals surface area contributed by atoms with E-state index in [-0.39, 0.29) is 12.0 Å². The van der Waals surface area contributed by atoms with Crippen LogP contribution in [-0.4, -0.2) is 44.1 Å². The summed E-state index contributed by atoms with van der Waals surface area (Å²) in [6, 6.07) is 8.19. The predicted molar refractivity (Wildman–Crippen MR) is 70.4 cm³/mol. The molecule has 0 bridgehead atoms. The summed E-state index contributed by atoms with van der Waals surface area (Å²) in [6.45, 7) is 4.40. The van der Waals surface area contributed by atoms with Crippen LogP contribution in [0.1, 0.15) is 17.2 Å². The molecule has 1 aromatic carbocycles. The summed E-state index contributed by atoms with van der Waals surface area (Å²) in [4.78, 5) is 13.7. The lowest BCUT2D eigenvalue weighted by Gasteiger charge is -2.33. The zero-order chi connectivity index (χ0) is 13.0. The molecule has 18 heavy (non-hydrogen) atoms. The molecule has 1 N–H and O–H groups in total. The van der Waals surface area contributed by atoms with E-state index in [4.69, 9.17) is 4.74 Å². The predicted octanol–water partition coefficient (Wildman–Crippen LogP) is 1.11. The van der Waals surface area contributed by atoms with Gasteiger partial charge in [-0.15, -0.1) is 0 Å². The molecule has 1 aliphatic rings. The monoisotopic (exact) mass is 248 g/mol. The standard InChI is InChI=1S/C14H20N2O2/c1-11-5-3-4-6-12(11)13-10-16(7-8-18-13)14(17)9-15-2/h3-6,13,15H,7-10H2,1-2H3/t13-/m0/s1. The van der Waals surface area contributed by atoms with Crippen molar-refractivity contribution < 1.29 is 9.53 Å². The average molecular weight is 248 g/mol. The molecule has 0 radical (unpaired) electrons. The molecule has 0 aromatic heterocycles. The molecular formula is C14H20N2O2. The Labute approximate surface area is 108 Å². The first-order valence-corrected chi connectivity index (χ1v) is 6.32. The van der Waals surface area contributed by atoms with Gasteiger partial charge in [0.25, 0.3) is 0 Å². The smallest absolute Gasteiger partial charge is 0.236 e. The Kier molecular flexibility index (Phi) is 4.33. The average Bonchev–Trinajstić information content (AvgIpc) is 2.40. The third-order valence-electron chi connectivity index (χ3n) is 3.28. The second kappa shape index (κ2) is 5.98. The Morgan fingerprint density at radius 3 is 3.00 bits per heavy atom. The van der Waals surface area contributed by atoms with Crippen LogP contribution in [0.3, 0.4) is 0 Å². The van der Waals surface area contributed by atoms with Crippen LogP contribution in [0.5, 0.6) is 0 Å². The van der Waals surface area contributed by atoms with Crippen molar-refractivity contribution in [3.05, 3.63) is 35.4 Å². The highest BCUT2D eigenvalue weighted by atomic mass is 16.5. The number of hydrogen-bond donors (Lipinski definition) is 1. The van der Waals surface area contributed by atoms with Crippen molar-refractivity contribution in [2.45, 2.75) is 13.0 Å². The Bertz CT molecular complexity index is 420. The van der Waals surface area contributed by atoms with E-state index in [2.05, 4.69) is 24.4 Å². The lowest BCUT2D eigenvalue weighted by atomic mass is 10.0. The van der Waals surface area contributed by atoms with Gasteiger partial charge in [-0.25, -0.2) is 0 Å². The number of likely N-dealkylation sites (N-methyl/N-ethyl adjacent to an activating group) is 1. The summed E-state index contributed by atoms with van der Waals surface area (Å²) in [7, 11) is 1.79. The van der Waals surface area contributed by atoms with Gasteiger partial charge in [-0.2, -0.15) is 0 Å². The molecule has 1 fully saturated rings. The fourth-order valence-corrected chi connectivity index (χ4v) is 2.28. The SMILES string of the molecule is CNCC(=O)N1CCO[C@H](c2ccccc2C)C1. The maximum absolute atomic E-state index is 11.9. The number of nitrogens with zero attached hydrogens (tertiary/aromatic N) is 1. The number of ether oxygens (including phenoxy) is 1. The summed E-state index contributed by atoms with van der Waals surface area (Å²) in [5.41, 5.74) is 2.39. The van der Waals surface area contributed by atoms with Crippen molar-refractivity contribution in [3.63, 3.8) is 0 Å². The number of morpholine rings is 1. The van der Waals surface area contributed by atoms with Crippen LogP contribution in [0.25, 0.3) is 0 Å². The Morgan fingerprint density at radius 2 is 2.28 bits per heavy atom. The van der Waals surface area contributed by atoms with E-state index < -0.39 is 0 Å². The van der Waals surface area contributed by atoms with E-state index in [9.17, 15) is 4.79 Å². The molecule has 1 aliphatic heterocycles. The second-order valence-electron chi connectivity index (χ2n) is 4.59. The molecule has 1 atom stereocenters. The minimum atomic E-state index is 0.000700. The van der Waals surface area contributed by atoms with Crippen molar-refractivity contribution in [2.75, 3.05) is 33.3 Å². The van der Waals surface area contributed by atoms with Crippen molar-refractivity contribution in [1.82, 2.24) is 10.2 Å². The molecule has 4 heteroatoms. The molecule has 0 saturated carbocycles. The van der Waals surface area contributed by atoms with Crippen LogP contribution in [0.2, 0.25) is 0 Å². The summed E-state index contributed by atoms with van der Waals surface area (Å²) in [5, 5.41) is 2.90. The van der Waals surface area contributed by atoms with Crippen molar-refractivity contribution in [3.8, 4) is 0 Å². The molecule has 2 rings (SSSR count). The third kappa shape index (κ3) is 2.89. The van der Waals surface area contributed by atoms with Gasteiger partial charge in [0.1, 0.15) is 6.10 Å². The van der Waals surface area contributed by atoms with Crippen LogP contribution in [0.4, 0.5) is 0 Å². The number of rotatable bonds is 3. The minimum Gasteiger partial charge on any atom is -0.370 e. The fourth-order valence-electron chi connectivity index (χ4n) is 2.28. The van der Waals surface area contributed by atoms with E-state index in [1.165, 1.54) is 11.1 Å². The molecule has 1 aromatic rings. The van der Waals surface area contributed by atoms with E-state index >= 15 is 0 Å². The highest BCUT2D eigenvalue weighted by Gasteiger charge is 2.25. The molecular weight excluding hydrogens is 228 g/mol. The molecule has 1 saturated heterocycles. The molecule has 98 valence electrons. The van der Waals surface area contributed by atoms with Gasteiger partial charge in [0.15, 0.2) is 0 Å². The fraction of sp³-hybridized carbons (Fsp3) is 0.500. The summed E-state index contributed by atoms with van der Waals surface area (Å²) < 4.78 is 5.79. The maximum Gasteiger partial charge on any atom is 0.236 e. The van der Waals surface area contributed by atoms with E-state index in [0.29, 0.717) is 26.2 Å². The van der Waals surface area contributed by atoms with Crippen LogP contribution in [0.15, 0.2) is 24.3 Å². The number of carbonyl (C=O) groups is 1. The third-order valence-corrected chi connectivity index (χ3v) is 3.28. The summed E-state index contributed by atoms with van der Waals surface area (Å²) in [6.07, 6.45) is 0.000700. The van der Waals surface area contributed by atoms with Gasteiger partial charge in [0, 0.05) is 6.54 Å². The van der Waals surface area contributed by atoms with E-state index in [0.717, 1.165) is 0 Å². The second-order valence-corrected chi connectivity index (χ2v) is 4.59. The largest absolute Gasteiger partial charge is 0.370 e. The lowest BCUT2D eigenvalue weighted by molar-refractivity contribution is -0.137. The quantitative estimate of drug-likeness (QED) is 0.871.